The number of anilines is 1. The fourth-order valence-electron chi connectivity index (χ4n) is 1.16. The number of methoxy groups -OCH3 is 1. The lowest BCUT2D eigenvalue weighted by molar-refractivity contribution is 0.0603. The van der Waals surface area contributed by atoms with Crippen molar-refractivity contribution < 1.29 is 9.53 Å². The molecule has 0 saturated carbocycles. The normalized spacial score (nSPS) is 10.5. The molecule has 0 atom stereocenters. The number of thiazole rings is 1. The van der Waals surface area contributed by atoms with E-state index < -0.39 is 5.97 Å². The Balaban J connectivity index is 2.75. The number of pyridine rings is 1. The molecule has 0 radical (unpaired) electrons. The van der Waals surface area contributed by atoms with Crippen molar-refractivity contribution in [2.45, 2.75) is 0 Å². The minimum Gasteiger partial charge on any atom is -0.465 e. The number of carbonyl (C=O) groups is 1. The summed E-state index contributed by atoms with van der Waals surface area (Å²) in [6.45, 7) is 0. The SMILES string of the molecule is COC(=O)c1cc(Cl)nc2nc(N)sc12. The van der Waals surface area contributed by atoms with E-state index in [1.807, 2.05) is 0 Å². The lowest BCUT2D eigenvalue weighted by atomic mass is 10.3. The van der Waals surface area contributed by atoms with Crippen LogP contribution in [0.2, 0.25) is 5.15 Å². The third kappa shape index (κ3) is 1.73. The Hall–Kier alpha value is -1.40. The Kier molecular flexibility index (Phi) is 2.45. The second kappa shape index (κ2) is 3.63. The number of fused-ring (bicyclic) bond motifs is 1. The Morgan fingerprint density at radius 2 is 2.33 bits per heavy atom. The van der Waals surface area contributed by atoms with Crippen molar-refractivity contribution in [2.24, 2.45) is 0 Å². The van der Waals surface area contributed by atoms with Crippen molar-refractivity contribution >= 4 is 44.4 Å². The number of carbonyl (C=O) groups excluding carboxylic acids is 1. The topological polar surface area (TPSA) is 78.1 Å². The highest BCUT2D eigenvalue weighted by Gasteiger charge is 2.16. The monoisotopic (exact) mass is 243 g/mol. The van der Waals surface area contributed by atoms with E-state index in [4.69, 9.17) is 17.3 Å². The summed E-state index contributed by atoms with van der Waals surface area (Å²) in [5.41, 5.74) is 6.22. The standard InChI is InChI=1S/C8H6ClN3O2S/c1-14-7(13)3-2-4(9)11-6-5(3)15-8(10)12-6/h2H,1H3,(H2,10,11,12). The molecule has 5 nitrogen and oxygen atoms in total. The van der Waals surface area contributed by atoms with Crippen LogP contribution in [0.4, 0.5) is 5.13 Å². The molecule has 2 rings (SSSR count). The van der Waals surface area contributed by atoms with Crippen LogP contribution in [0, 0.1) is 0 Å². The molecule has 7 heteroatoms. The number of nitrogens with zero attached hydrogens (tertiary/aromatic N) is 2. The summed E-state index contributed by atoms with van der Waals surface area (Å²) in [7, 11) is 1.30. The molecule has 0 aliphatic heterocycles. The van der Waals surface area contributed by atoms with Crippen LogP contribution in [0.15, 0.2) is 6.07 Å². The summed E-state index contributed by atoms with van der Waals surface area (Å²) in [4.78, 5) is 19.3. The van der Waals surface area contributed by atoms with Crippen LogP contribution in [-0.2, 0) is 4.74 Å². The molecule has 2 heterocycles. The first kappa shape index (κ1) is 10.1. The van der Waals surface area contributed by atoms with Gasteiger partial charge in [0.15, 0.2) is 10.8 Å². The molecule has 0 unspecified atom stereocenters. The van der Waals surface area contributed by atoms with Gasteiger partial charge in [0.2, 0.25) is 0 Å². The van der Waals surface area contributed by atoms with Gasteiger partial charge in [0.25, 0.3) is 0 Å². The van der Waals surface area contributed by atoms with E-state index in [0.717, 1.165) is 0 Å². The molecule has 0 aliphatic carbocycles. The molecular formula is C8H6ClN3O2S. The maximum absolute atomic E-state index is 11.4. The van der Waals surface area contributed by atoms with E-state index in [2.05, 4.69) is 14.7 Å². The third-order valence-corrected chi connectivity index (χ3v) is 2.85. The predicted molar refractivity (Wildman–Crippen MR) is 58.2 cm³/mol. The fraction of sp³-hybridized carbons (Fsp3) is 0.125. The van der Waals surface area contributed by atoms with E-state index in [9.17, 15) is 4.79 Å². The first-order chi connectivity index (χ1) is 7.11. The van der Waals surface area contributed by atoms with Crippen LogP contribution in [0.1, 0.15) is 10.4 Å². The third-order valence-electron chi connectivity index (χ3n) is 1.75. The van der Waals surface area contributed by atoms with Gasteiger partial charge in [0, 0.05) is 0 Å². The van der Waals surface area contributed by atoms with Gasteiger partial charge in [-0.15, -0.1) is 0 Å². The largest absolute Gasteiger partial charge is 0.465 e. The van der Waals surface area contributed by atoms with Crippen molar-refractivity contribution in [3.05, 3.63) is 16.8 Å². The number of hydrogen-bond acceptors (Lipinski definition) is 6. The van der Waals surface area contributed by atoms with Gasteiger partial charge in [0.05, 0.1) is 17.4 Å². The van der Waals surface area contributed by atoms with E-state index in [-0.39, 0.29) is 5.15 Å². The highest BCUT2D eigenvalue weighted by Crippen LogP contribution is 2.28. The number of esters is 1. The molecule has 0 fully saturated rings. The molecule has 15 heavy (non-hydrogen) atoms. The lowest BCUT2D eigenvalue weighted by Gasteiger charge is -1.99. The lowest BCUT2D eigenvalue weighted by Crippen LogP contribution is -2.01. The zero-order valence-corrected chi connectivity index (χ0v) is 9.22. The summed E-state index contributed by atoms with van der Waals surface area (Å²) in [5.74, 6) is -0.479. The van der Waals surface area contributed by atoms with Crippen LogP contribution >= 0.6 is 22.9 Å². The van der Waals surface area contributed by atoms with Crippen LogP contribution in [-0.4, -0.2) is 23.0 Å². The molecule has 2 N–H and O–H groups in total. The van der Waals surface area contributed by atoms with Gasteiger partial charge in [-0.25, -0.2) is 14.8 Å². The summed E-state index contributed by atoms with van der Waals surface area (Å²) >= 11 is 6.91. The molecule has 0 saturated heterocycles. The molecule has 0 aliphatic rings. The Morgan fingerprint density at radius 3 is 3.00 bits per heavy atom. The molecule has 2 aromatic heterocycles. The van der Waals surface area contributed by atoms with Crippen LogP contribution < -0.4 is 5.73 Å². The first-order valence-corrected chi connectivity index (χ1v) is 5.12. The Morgan fingerprint density at radius 1 is 1.60 bits per heavy atom. The Labute approximate surface area is 93.8 Å². The maximum Gasteiger partial charge on any atom is 0.339 e. The van der Waals surface area contributed by atoms with Crippen molar-refractivity contribution in [2.75, 3.05) is 12.8 Å². The van der Waals surface area contributed by atoms with Crippen molar-refractivity contribution in [1.82, 2.24) is 9.97 Å². The van der Waals surface area contributed by atoms with Gasteiger partial charge >= 0.3 is 5.97 Å². The fourth-order valence-corrected chi connectivity index (χ4v) is 2.12. The van der Waals surface area contributed by atoms with Crippen molar-refractivity contribution in [3.8, 4) is 0 Å². The van der Waals surface area contributed by atoms with E-state index >= 15 is 0 Å². The predicted octanol–water partition coefficient (Wildman–Crippen LogP) is 1.71. The van der Waals surface area contributed by atoms with E-state index in [1.54, 1.807) is 0 Å². The summed E-state index contributed by atoms with van der Waals surface area (Å²) < 4.78 is 5.21. The molecule has 2 aromatic rings. The van der Waals surface area contributed by atoms with Crippen LogP contribution in [0.25, 0.3) is 10.3 Å². The molecular weight excluding hydrogens is 238 g/mol. The minimum atomic E-state index is -0.479. The second-order valence-electron chi connectivity index (χ2n) is 2.69. The number of aromatic nitrogens is 2. The zero-order chi connectivity index (χ0) is 11.0. The number of nitrogens with two attached hydrogens (primary N) is 1. The minimum absolute atomic E-state index is 0.188. The number of ether oxygens (including phenoxy) is 1. The first-order valence-electron chi connectivity index (χ1n) is 3.92. The van der Waals surface area contributed by atoms with Gasteiger partial charge in [-0.3, -0.25) is 0 Å². The van der Waals surface area contributed by atoms with E-state index in [1.165, 1.54) is 24.5 Å². The average Bonchev–Trinajstić information content (AvgIpc) is 2.55. The molecule has 78 valence electrons. The van der Waals surface area contributed by atoms with E-state index in [0.29, 0.717) is 21.0 Å². The van der Waals surface area contributed by atoms with Gasteiger partial charge in [-0.1, -0.05) is 22.9 Å². The van der Waals surface area contributed by atoms with Gasteiger partial charge < -0.3 is 10.5 Å². The van der Waals surface area contributed by atoms with Gasteiger partial charge in [-0.05, 0) is 6.07 Å². The maximum atomic E-state index is 11.4. The second-order valence-corrected chi connectivity index (χ2v) is 4.11. The summed E-state index contributed by atoms with van der Waals surface area (Å²) in [6, 6.07) is 1.44. The number of hydrogen-bond donors (Lipinski definition) is 1. The van der Waals surface area contributed by atoms with Crippen LogP contribution in [0.3, 0.4) is 0 Å². The number of nitrogen functional groups attached to an aromatic ring is 1. The summed E-state index contributed by atoms with van der Waals surface area (Å²) in [5, 5.41) is 0.526. The number of halogens is 1. The quantitative estimate of drug-likeness (QED) is 0.609. The Bertz CT molecular complexity index is 540. The van der Waals surface area contributed by atoms with Gasteiger partial charge in [0.1, 0.15) is 5.15 Å². The molecule has 0 spiro atoms. The molecule has 0 bridgehead atoms. The zero-order valence-electron chi connectivity index (χ0n) is 7.65. The molecule has 0 amide bonds. The van der Waals surface area contributed by atoms with Gasteiger partial charge in [-0.2, -0.15) is 0 Å². The van der Waals surface area contributed by atoms with Crippen molar-refractivity contribution in [1.29, 1.82) is 0 Å². The molecule has 0 aromatic carbocycles. The number of rotatable bonds is 1. The van der Waals surface area contributed by atoms with Crippen LogP contribution in [0.5, 0.6) is 0 Å². The smallest absolute Gasteiger partial charge is 0.339 e. The average molecular weight is 244 g/mol. The van der Waals surface area contributed by atoms with Crippen molar-refractivity contribution in [3.63, 3.8) is 0 Å². The highest BCUT2D eigenvalue weighted by atomic mass is 35.5. The highest BCUT2D eigenvalue weighted by molar-refractivity contribution is 7.22. The summed E-state index contributed by atoms with van der Waals surface area (Å²) in [6.07, 6.45) is 0.